The molecular weight excluding hydrogens is 531 g/mol. The SMILES string of the molecule is CC(C)[C@H]1CC[C@H](C)C[C@@H]1OP1Oc2cccc3c2C2(c4ccccc4O3)c3ccccc3Oc3cccc(c32)O1. The first-order valence-electron chi connectivity index (χ1n) is 14.7. The summed E-state index contributed by atoms with van der Waals surface area (Å²) >= 11 is 0. The predicted molar refractivity (Wildman–Crippen MR) is 159 cm³/mol. The molecule has 3 heterocycles. The summed E-state index contributed by atoms with van der Waals surface area (Å²) in [6.07, 6.45) is 3.47. The first kappa shape index (κ1) is 25.2. The lowest BCUT2D eigenvalue weighted by molar-refractivity contribution is 0.0392. The maximum atomic E-state index is 6.85. The molecule has 3 atom stereocenters. The maximum absolute atomic E-state index is 6.85. The molecule has 4 aliphatic rings. The van der Waals surface area contributed by atoms with E-state index in [0.29, 0.717) is 29.3 Å². The Bertz CT molecular complexity index is 1540. The molecule has 4 aromatic carbocycles. The van der Waals surface area contributed by atoms with Gasteiger partial charge in [-0.1, -0.05) is 75.7 Å². The normalized spacial score (nSPS) is 23.2. The fourth-order valence-corrected chi connectivity index (χ4v) is 8.64. The second-order valence-electron chi connectivity index (χ2n) is 12.1. The van der Waals surface area contributed by atoms with Crippen molar-refractivity contribution < 1.29 is 23.0 Å². The van der Waals surface area contributed by atoms with Gasteiger partial charge in [-0.15, -0.1) is 0 Å². The van der Waals surface area contributed by atoms with Gasteiger partial charge in [-0.25, -0.2) is 0 Å². The van der Waals surface area contributed by atoms with E-state index in [1.165, 1.54) is 6.42 Å². The molecule has 3 aliphatic heterocycles. The van der Waals surface area contributed by atoms with E-state index >= 15 is 0 Å². The minimum absolute atomic E-state index is 0.0714. The van der Waals surface area contributed by atoms with Crippen molar-refractivity contribution >= 4 is 8.60 Å². The Morgan fingerprint density at radius 1 is 0.683 bits per heavy atom. The summed E-state index contributed by atoms with van der Waals surface area (Å²) in [7, 11) is -1.76. The van der Waals surface area contributed by atoms with Crippen LogP contribution in [0.25, 0.3) is 0 Å². The third-order valence-electron chi connectivity index (χ3n) is 9.28. The summed E-state index contributed by atoms with van der Waals surface area (Å²) in [6.45, 7) is 6.91. The van der Waals surface area contributed by atoms with E-state index in [-0.39, 0.29) is 6.10 Å². The van der Waals surface area contributed by atoms with Gasteiger partial charge >= 0.3 is 8.60 Å². The summed E-state index contributed by atoms with van der Waals surface area (Å²) in [5, 5.41) is 0. The van der Waals surface area contributed by atoms with Gasteiger partial charge in [0.25, 0.3) is 0 Å². The van der Waals surface area contributed by atoms with Gasteiger partial charge < -0.3 is 18.5 Å². The Kier molecular flexibility index (Phi) is 5.84. The summed E-state index contributed by atoms with van der Waals surface area (Å²) in [4.78, 5) is 0. The molecule has 1 spiro atoms. The highest BCUT2D eigenvalue weighted by Gasteiger charge is 2.55. The van der Waals surface area contributed by atoms with E-state index in [1.54, 1.807) is 0 Å². The summed E-state index contributed by atoms with van der Waals surface area (Å²) in [5.74, 6) is 6.17. The summed E-state index contributed by atoms with van der Waals surface area (Å²) in [5.41, 5.74) is 3.22. The topological polar surface area (TPSA) is 46.2 Å². The third kappa shape index (κ3) is 3.75. The smallest absolute Gasteiger partial charge is 0.457 e. The molecule has 0 N–H and O–H groups in total. The Hall–Kier alpha value is -3.53. The van der Waals surface area contributed by atoms with Crippen molar-refractivity contribution in [2.75, 3.05) is 0 Å². The minimum atomic E-state index is -1.76. The molecule has 6 heteroatoms. The molecule has 0 radical (unpaired) electrons. The highest BCUT2D eigenvalue weighted by Crippen LogP contribution is 2.67. The van der Waals surface area contributed by atoms with Gasteiger partial charge in [-0.05, 0) is 67.0 Å². The first-order valence-corrected chi connectivity index (χ1v) is 15.8. The van der Waals surface area contributed by atoms with Crippen molar-refractivity contribution in [1.82, 2.24) is 0 Å². The van der Waals surface area contributed by atoms with Crippen LogP contribution >= 0.6 is 8.60 Å². The van der Waals surface area contributed by atoms with E-state index in [4.69, 9.17) is 23.0 Å². The Balaban J connectivity index is 1.37. The van der Waals surface area contributed by atoms with Crippen LogP contribution in [0.15, 0.2) is 84.9 Å². The number of rotatable bonds is 3. The van der Waals surface area contributed by atoms with Crippen molar-refractivity contribution in [3.05, 3.63) is 107 Å². The number of para-hydroxylation sites is 2. The van der Waals surface area contributed by atoms with E-state index < -0.39 is 14.0 Å². The molecule has 5 nitrogen and oxygen atoms in total. The molecule has 8 rings (SSSR count). The van der Waals surface area contributed by atoms with E-state index in [1.807, 2.05) is 60.7 Å². The average molecular weight is 565 g/mol. The fourth-order valence-electron chi connectivity index (χ4n) is 7.43. The van der Waals surface area contributed by atoms with Crippen LogP contribution in [0.4, 0.5) is 0 Å². The molecule has 4 aromatic rings. The molecule has 0 unspecified atom stereocenters. The van der Waals surface area contributed by atoms with Crippen LogP contribution in [0.3, 0.4) is 0 Å². The lowest BCUT2D eigenvalue weighted by Crippen LogP contribution is -2.38. The van der Waals surface area contributed by atoms with Crippen LogP contribution in [0.5, 0.6) is 34.5 Å². The van der Waals surface area contributed by atoms with Crippen molar-refractivity contribution in [3.8, 4) is 34.5 Å². The van der Waals surface area contributed by atoms with Crippen LogP contribution in [-0.2, 0) is 9.94 Å². The first-order chi connectivity index (χ1) is 20.0. The monoisotopic (exact) mass is 564 g/mol. The van der Waals surface area contributed by atoms with Gasteiger partial charge in [-0.3, -0.25) is 4.52 Å². The number of hydrogen-bond acceptors (Lipinski definition) is 5. The number of ether oxygens (including phenoxy) is 2. The van der Waals surface area contributed by atoms with Gasteiger partial charge in [-0.2, -0.15) is 0 Å². The molecule has 1 saturated carbocycles. The number of fused-ring (bicyclic) bond motifs is 2. The van der Waals surface area contributed by atoms with Crippen LogP contribution < -0.4 is 18.5 Å². The minimum Gasteiger partial charge on any atom is -0.457 e. The third-order valence-corrected chi connectivity index (χ3v) is 10.4. The van der Waals surface area contributed by atoms with Crippen molar-refractivity contribution in [1.29, 1.82) is 0 Å². The zero-order valence-corrected chi connectivity index (χ0v) is 24.4. The van der Waals surface area contributed by atoms with Crippen molar-refractivity contribution in [2.24, 2.45) is 17.8 Å². The van der Waals surface area contributed by atoms with E-state index in [0.717, 1.165) is 58.1 Å². The van der Waals surface area contributed by atoms with E-state index in [9.17, 15) is 0 Å². The van der Waals surface area contributed by atoms with Crippen LogP contribution in [0, 0.1) is 17.8 Å². The van der Waals surface area contributed by atoms with Crippen LogP contribution in [-0.4, -0.2) is 6.10 Å². The zero-order chi connectivity index (χ0) is 27.7. The molecular formula is C35H33O5P. The van der Waals surface area contributed by atoms with Crippen LogP contribution in [0.2, 0.25) is 0 Å². The maximum Gasteiger partial charge on any atom is 0.463 e. The summed E-state index contributed by atoms with van der Waals surface area (Å²) < 4.78 is 33.7. The Morgan fingerprint density at radius 3 is 1.76 bits per heavy atom. The molecule has 0 saturated heterocycles. The number of hydrogen-bond donors (Lipinski definition) is 0. The van der Waals surface area contributed by atoms with Gasteiger partial charge in [0.15, 0.2) is 0 Å². The molecule has 41 heavy (non-hydrogen) atoms. The molecule has 0 aromatic heterocycles. The standard InChI is InChI=1S/C35H33O5P/c1-21(2)23-19-18-22(3)20-32(23)40-41-38-30-16-8-14-28-33(30)35(24-10-4-6-12-26(24)36-28)25-11-5-7-13-27(25)37-29-15-9-17-31(39-41)34(29)35/h4-17,21-23,32H,18-20H2,1-3H3/t22-,23+,32-,35?/m0/s1. The highest BCUT2D eigenvalue weighted by molar-refractivity contribution is 7.42. The molecule has 1 aliphatic carbocycles. The largest absolute Gasteiger partial charge is 0.463 e. The zero-order valence-electron chi connectivity index (χ0n) is 23.5. The molecule has 1 fully saturated rings. The average Bonchev–Trinajstić information content (AvgIpc) is 2.96. The van der Waals surface area contributed by atoms with Gasteiger partial charge in [0.05, 0.1) is 22.6 Å². The Labute approximate surface area is 242 Å². The molecule has 0 amide bonds. The summed E-state index contributed by atoms with van der Waals surface area (Å²) in [6, 6.07) is 28.6. The highest BCUT2D eigenvalue weighted by atomic mass is 31.2. The lowest BCUT2D eigenvalue weighted by Gasteiger charge is -2.47. The molecule has 0 bridgehead atoms. The van der Waals surface area contributed by atoms with Crippen molar-refractivity contribution in [2.45, 2.75) is 51.6 Å². The second kappa shape index (κ2) is 9.51. The fraction of sp³-hybridized carbons (Fsp3) is 0.314. The lowest BCUT2D eigenvalue weighted by atomic mass is 9.62. The Morgan fingerprint density at radius 2 is 1.20 bits per heavy atom. The van der Waals surface area contributed by atoms with Gasteiger partial charge in [0.1, 0.15) is 34.5 Å². The number of benzene rings is 4. The predicted octanol–water partition coefficient (Wildman–Crippen LogP) is 9.76. The van der Waals surface area contributed by atoms with E-state index in [2.05, 4.69) is 45.0 Å². The van der Waals surface area contributed by atoms with Crippen molar-refractivity contribution in [3.63, 3.8) is 0 Å². The van der Waals surface area contributed by atoms with Gasteiger partial charge in [0.2, 0.25) is 0 Å². The second-order valence-corrected chi connectivity index (χ2v) is 13.1. The quantitative estimate of drug-likeness (QED) is 0.200. The molecule has 208 valence electrons. The van der Waals surface area contributed by atoms with Gasteiger partial charge in [0, 0.05) is 11.1 Å². The van der Waals surface area contributed by atoms with Crippen LogP contribution in [0.1, 0.15) is 62.3 Å².